The van der Waals surface area contributed by atoms with Crippen LogP contribution in [0.25, 0.3) is 0 Å². The third-order valence-electron chi connectivity index (χ3n) is 4.30. The van der Waals surface area contributed by atoms with E-state index in [1.165, 1.54) is 25.7 Å². The van der Waals surface area contributed by atoms with Gasteiger partial charge in [-0.05, 0) is 24.2 Å². The summed E-state index contributed by atoms with van der Waals surface area (Å²) in [5.74, 6) is 1.42. The average molecular weight is 224 g/mol. The van der Waals surface area contributed by atoms with Crippen LogP contribution in [0.3, 0.4) is 0 Å². The standard InChI is InChI=1S/C15H28O/c1-12(15(2,3)4)11-14(16)13-9-7-5-6-8-10-13/h12-13H,5-11H2,1-4H3. The molecule has 1 unspecified atom stereocenters. The fourth-order valence-corrected chi connectivity index (χ4v) is 2.38. The lowest BCUT2D eigenvalue weighted by molar-refractivity contribution is -0.124. The quantitative estimate of drug-likeness (QED) is 0.640. The van der Waals surface area contributed by atoms with Crippen molar-refractivity contribution in [2.24, 2.45) is 17.3 Å². The van der Waals surface area contributed by atoms with E-state index in [0.29, 0.717) is 17.6 Å². The normalized spacial score (nSPS) is 21.5. The highest BCUT2D eigenvalue weighted by Gasteiger charge is 2.26. The van der Waals surface area contributed by atoms with Gasteiger partial charge in [0.1, 0.15) is 5.78 Å². The molecule has 0 bridgehead atoms. The number of carbonyl (C=O) groups excluding carboxylic acids is 1. The first-order chi connectivity index (χ1) is 7.41. The van der Waals surface area contributed by atoms with Crippen molar-refractivity contribution in [2.75, 3.05) is 0 Å². The molecule has 0 aromatic carbocycles. The SMILES string of the molecule is CC(CC(=O)C1CCCCCC1)C(C)(C)C. The van der Waals surface area contributed by atoms with Gasteiger partial charge in [-0.1, -0.05) is 53.4 Å². The molecule has 1 atom stereocenters. The van der Waals surface area contributed by atoms with Crippen LogP contribution in [0.5, 0.6) is 0 Å². The molecule has 0 radical (unpaired) electrons. The largest absolute Gasteiger partial charge is 0.299 e. The number of rotatable bonds is 3. The zero-order valence-corrected chi connectivity index (χ0v) is 11.5. The Balaban J connectivity index is 2.44. The Morgan fingerprint density at radius 3 is 2.06 bits per heavy atom. The van der Waals surface area contributed by atoms with Gasteiger partial charge in [-0.15, -0.1) is 0 Å². The zero-order chi connectivity index (χ0) is 12.2. The Bertz CT molecular complexity index is 216. The topological polar surface area (TPSA) is 17.1 Å². The summed E-state index contributed by atoms with van der Waals surface area (Å²) < 4.78 is 0. The van der Waals surface area contributed by atoms with E-state index in [9.17, 15) is 4.79 Å². The van der Waals surface area contributed by atoms with Gasteiger partial charge >= 0.3 is 0 Å². The van der Waals surface area contributed by atoms with Crippen LogP contribution in [0.1, 0.15) is 72.6 Å². The lowest BCUT2D eigenvalue weighted by atomic mass is 9.77. The second kappa shape index (κ2) is 5.84. The van der Waals surface area contributed by atoms with Gasteiger partial charge in [0, 0.05) is 12.3 Å². The van der Waals surface area contributed by atoms with Crippen molar-refractivity contribution in [3.05, 3.63) is 0 Å². The van der Waals surface area contributed by atoms with E-state index in [1.807, 2.05) is 0 Å². The molecule has 1 saturated carbocycles. The van der Waals surface area contributed by atoms with Gasteiger partial charge in [-0.25, -0.2) is 0 Å². The van der Waals surface area contributed by atoms with Gasteiger partial charge in [0.05, 0.1) is 0 Å². The molecule has 1 aliphatic rings. The maximum Gasteiger partial charge on any atom is 0.136 e. The van der Waals surface area contributed by atoms with Crippen LogP contribution in [0.2, 0.25) is 0 Å². The molecule has 0 aromatic heterocycles. The smallest absolute Gasteiger partial charge is 0.136 e. The summed E-state index contributed by atoms with van der Waals surface area (Å²) in [6.45, 7) is 8.92. The molecule has 1 fully saturated rings. The molecule has 1 aliphatic carbocycles. The molecule has 16 heavy (non-hydrogen) atoms. The molecule has 94 valence electrons. The molecule has 0 aliphatic heterocycles. The van der Waals surface area contributed by atoms with E-state index >= 15 is 0 Å². The van der Waals surface area contributed by atoms with Gasteiger partial charge in [0.2, 0.25) is 0 Å². The van der Waals surface area contributed by atoms with Crippen LogP contribution in [0.15, 0.2) is 0 Å². The molecule has 0 aromatic rings. The second-order valence-corrected chi connectivity index (χ2v) is 6.63. The first-order valence-electron chi connectivity index (χ1n) is 6.94. The minimum atomic E-state index is 0.264. The molecule has 1 heteroatoms. The van der Waals surface area contributed by atoms with E-state index in [4.69, 9.17) is 0 Å². The molecule has 0 amide bonds. The van der Waals surface area contributed by atoms with Crippen molar-refractivity contribution in [1.82, 2.24) is 0 Å². The summed E-state index contributed by atoms with van der Waals surface area (Å²) in [5.41, 5.74) is 0.264. The Morgan fingerprint density at radius 2 is 1.62 bits per heavy atom. The Morgan fingerprint density at radius 1 is 1.12 bits per heavy atom. The second-order valence-electron chi connectivity index (χ2n) is 6.63. The number of carbonyl (C=O) groups is 1. The summed E-state index contributed by atoms with van der Waals surface area (Å²) in [6.07, 6.45) is 8.28. The van der Waals surface area contributed by atoms with Gasteiger partial charge < -0.3 is 0 Å². The fraction of sp³-hybridized carbons (Fsp3) is 0.933. The minimum absolute atomic E-state index is 0.264. The Hall–Kier alpha value is -0.330. The first-order valence-corrected chi connectivity index (χ1v) is 6.94. The van der Waals surface area contributed by atoms with Gasteiger partial charge in [0.25, 0.3) is 0 Å². The average Bonchev–Trinajstić information content (AvgIpc) is 2.43. The predicted molar refractivity (Wildman–Crippen MR) is 69.4 cm³/mol. The third kappa shape index (κ3) is 4.27. The van der Waals surface area contributed by atoms with Crippen LogP contribution >= 0.6 is 0 Å². The van der Waals surface area contributed by atoms with Crippen LogP contribution in [0, 0.1) is 17.3 Å². The first kappa shape index (κ1) is 13.7. The van der Waals surface area contributed by atoms with E-state index in [2.05, 4.69) is 27.7 Å². The van der Waals surface area contributed by atoms with Crippen molar-refractivity contribution >= 4 is 5.78 Å². The van der Waals surface area contributed by atoms with Crippen LogP contribution in [0.4, 0.5) is 0 Å². The minimum Gasteiger partial charge on any atom is -0.299 e. The van der Waals surface area contributed by atoms with E-state index in [1.54, 1.807) is 0 Å². The predicted octanol–water partition coefficient (Wildman–Crippen LogP) is 4.60. The van der Waals surface area contributed by atoms with Crippen molar-refractivity contribution < 1.29 is 4.79 Å². The molecule has 0 heterocycles. The Kier molecular flexibility index (Phi) is 5.01. The molecule has 0 saturated heterocycles. The third-order valence-corrected chi connectivity index (χ3v) is 4.30. The molecular formula is C15H28O. The summed E-state index contributed by atoms with van der Waals surface area (Å²) in [7, 11) is 0. The summed E-state index contributed by atoms with van der Waals surface area (Å²) >= 11 is 0. The van der Waals surface area contributed by atoms with Gasteiger partial charge in [-0.2, -0.15) is 0 Å². The zero-order valence-electron chi connectivity index (χ0n) is 11.5. The summed E-state index contributed by atoms with van der Waals surface area (Å²) in [6, 6.07) is 0. The number of Topliss-reactive ketones (excluding diaryl/α,β-unsaturated/α-hetero) is 1. The lowest BCUT2D eigenvalue weighted by Gasteiger charge is -2.28. The van der Waals surface area contributed by atoms with Crippen molar-refractivity contribution in [2.45, 2.75) is 72.6 Å². The molecule has 0 N–H and O–H groups in total. The lowest BCUT2D eigenvalue weighted by Crippen LogP contribution is -2.24. The van der Waals surface area contributed by atoms with Crippen molar-refractivity contribution in [3.63, 3.8) is 0 Å². The van der Waals surface area contributed by atoms with Crippen LogP contribution in [-0.2, 0) is 4.79 Å². The highest BCUT2D eigenvalue weighted by atomic mass is 16.1. The maximum absolute atomic E-state index is 12.2. The molecule has 1 nitrogen and oxygen atoms in total. The summed E-state index contributed by atoms with van der Waals surface area (Å²) in [5, 5.41) is 0. The molecular weight excluding hydrogens is 196 g/mol. The van der Waals surface area contributed by atoms with E-state index in [-0.39, 0.29) is 5.41 Å². The highest BCUT2D eigenvalue weighted by Crippen LogP contribution is 2.31. The van der Waals surface area contributed by atoms with Crippen LogP contribution < -0.4 is 0 Å². The van der Waals surface area contributed by atoms with Gasteiger partial charge in [0.15, 0.2) is 0 Å². The Labute approximate surface area is 101 Å². The maximum atomic E-state index is 12.2. The number of hydrogen-bond acceptors (Lipinski definition) is 1. The highest BCUT2D eigenvalue weighted by molar-refractivity contribution is 5.81. The molecule has 1 rings (SSSR count). The summed E-state index contributed by atoms with van der Waals surface area (Å²) in [4.78, 5) is 12.2. The fourth-order valence-electron chi connectivity index (χ4n) is 2.38. The van der Waals surface area contributed by atoms with E-state index in [0.717, 1.165) is 19.3 Å². The van der Waals surface area contributed by atoms with Gasteiger partial charge in [-0.3, -0.25) is 4.79 Å². The van der Waals surface area contributed by atoms with Crippen molar-refractivity contribution in [3.8, 4) is 0 Å². The van der Waals surface area contributed by atoms with Crippen molar-refractivity contribution in [1.29, 1.82) is 0 Å². The number of hydrogen-bond donors (Lipinski definition) is 0. The van der Waals surface area contributed by atoms with Crippen LogP contribution in [-0.4, -0.2) is 5.78 Å². The number of ketones is 1. The van der Waals surface area contributed by atoms with E-state index < -0.39 is 0 Å². The monoisotopic (exact) mass is 224 g/mol. The molecule has 0 spiro atoms.